The van der Waals surface area contributed by atoms with Gasteiger partial charge in [0.25, 0.3) is 0 Å². The van der Waals surface area contributed by atoms with Crippen LogP contribution in [-0.4, -0.2) is 11.0 Å². The number of hydrogen-bond donors (Lipinski definition) is 1. The van der Waals surface area contributed by atoms with Crippen LogP contribution in [0, 0.1) is 11.8 Å². The Kier molecular flexibility index (Phi) is 2.22. The van der Waals surface area contributed by atoms with Gasteiger partial charge in [0, 0.05) is 24.3 Å². The molecule has 1 aromatic heterocycles. The van der Waals surface area contributed by atoms with Crippen LogP contribution < -0.4 is 5.32 Å². The van der Waals surface area contributed by atoms with Crippen molar-refractivity contribution in [1.82, 2.24) is 10.3 Å². The van der Waals surface area contributed by atoms with E-state index in [1.54, 1.807) is 0 Å². The summed E-state index contributed by atoms with van der Waals surface area (Å²) in [6.45, 7) is 0.385. The molecule has 70 valence electrons. The summed E-state index contributed by atoms with van der Waals surface area (Å²) in [4.78, 5) is 3.21. The van der Waals surface area contributed by atoms with Crippen molar-refractivity contribution in [3.8, 4) is 0 Å². The van der Waals surface area contributed by atoms with Crippen LogP contribution in [0.25, 0.3) is 0 Å². The molecule has 2 rings (SSSR count). The van der Waals surface area contributed by atoms with Crippen LogP contribution in [0.15, 0.2) is 12.3 Å². The molecule has 1 aliphatic carbocycles. The first-order valence-electron chi connectivity index (χ1n) is 4.29. The van der Waals surface area contributed by atoms with Gasteiger partial charge in [-0.1, -0.05) is 0 Å². The number of nitrogens with one attached hydrogen (secondary N) is 1. The first-order chi connectivity index (χ1) is 6.27. The van der Waals surface area contributed by atoms with Crippen molar-refractivity contribution < 1.29 is 8.78 Å². The molecule has 0 atom stereocenters. The van der Waals surface area contributed by atoms with Gasteiger partial charge in [0.2, 0.25) is 5.95 Å². The van der Waals surface area contributed by atoms with E-state index in [1.807, 2.05) is 0 Å². The second kappa shape index (κ2) is 3.38. The van der Waals surface area contributed by atoms with Crippen molar-refractivity contribution >= 4 is 0 Å². The second-order valence-electron chi connectivity index (χ2n) is 3.23. The molecule has 0 bridgehead atoms. The lowest BCUT2D eigenvalue weighted by molar-refractivity contribution is 0.466. The predicted molar refractivity (Wildman–Crippen MR) is 44.0 cm³/mol. The lowest BCUT2D eigenvalue weighted by atomic mass is 10.2. The van der Waals surface area contributed by atoms with Crippen LogP contribution in [0.2, 0.25) is 0 Å². The minimum absolute atomic E-state index is 0.347. The Morgan fingerprint density at radius 3 is 2.92 bits per heavy atom. The molecule has 4 heteroatoms. The number of halogens is 2. The van der Waals surface area contributed by atoms with E-state index in [0.29, 0.717) is 18.2 Å². The summed E-state index contributed by atoms with van der Waals surface area (Å²) in [7, 11) is 0. The van der Waals surface area contributed by atoms with E-state index in [-0.39, 0.29) is 0 Å². The Balaban J connectivity index is 2.05. The zero-order valence-corrected chi connectivity index (χ0v) is 7.06. The minimum atomic E-state index is -1.02. The zero-order valence-electron chi connectivity index (χ0n) is 7.06. The molecule has 0 aromatic carbocycles. The summed E-state index contributed by atoms with van der Waals surface area (Å²) < 4.78 is 25.6. The zero-order chi connectivity index (χ0) is 9.26. The van der Waals surface area contributed by atoms with E-state index in [9.17, 15) is 8.78 Å². The number of pyridine rings is 1. The maximum absolute atomic E-state index is 13.0. The van der Waals surface area contributed by atoms with E-state index < -0.39 is 11.8 Å². The third kappa shape index (κ3) is 2.01. The van der Waals surface area contributed by atoms with Crippen molar-refractivity contribution in [2.75, 3.05) is 0 Å². The molecule has 0 unspecified atom stereocenters. The van der Waals surface area contributed by atoms with Gasteiger partial charge in [0.05, 0.1) is 0 Å². The third-order valence-corrected chi connectivity index (χ3v) is 2.09. The van der Waals surface area contributed by atoms with Crippen molar-refractivity contribution in [3.63, 3.8) is 0 Å². The van der Waals surface area contributed by atoms with Crippen molar-refractivity contribution in [3.05, 3.63) is 29.6 Å². The van der Waals surface area contributed by atoms with Crippen molar-refractivity contribution in [2.45, 2.75) is 25.4 Å². The highest BCUT2D eigenvalue weighted by molar-refractivity contribution is 5.13. The van der Waals surface area contributed by atoms with Gasteiger partial charge in [-0.2, -0.15) is 4.39 Å². The predicted octanol–water partition coefficient (Wildman–Crippen LogP) is 1.61. The summed E-state index contributed by atoms with van der Waals surface area (Å²) in [5, 5.41) is 3.11. The fraction of sp³-hybridized carbons (Fsp3) is 0.444. The summed E-state index contributed by atoms with van der Waals surface area (Å²) in [5.74, 6) is -1.86. The van der Waals surface area contributed by atoms with Crippen molar-refractivity contribution in [2.24, 2.45) is 0 Å². The molecule has 0 radical (unpaired) electrons. The lowest BCUT2D eigenvalue weighted by Gasteiger charge is -2.03. The fourth-order valence-electron chi connectivity index (χ4n) is 1.13. The maximum Gasteiger partial charge on any atom is 0.249 e. The highest BCUT2D eigenvalue weighted by atomic mass is 19.2. The van der Waals surface area contributed by atoms with Gasteiger partial charge in [-0.25, -0.2) is 9.37 Å². The highest BCUT2D eigenvalue weighted by Gasteiger charge is 2.20. The van der Waals surface area contributed by atoms with Gasteiger partial charge in [0.15, 0.2) is 5.82 Å². The van der Waals surface area contributed by atoms with Crippen molar-refractivity contribution in [1.29, 1.82) is 0 Å². The number of hydrogen-bond acceptors (Lipinski definition) is 2. The molecular weight excluding hydrogens is 174 g/mol. The minimum Gasteiger partial charge on any atom is -0.310 e. The molecular formula is C9H10F2N2. The summed E-state index contributed by atoms with van der Waals surface area (Å²) in [6, 6.07) is 1.99. The largest absolute Gasteiger partial charge is 0.310 e. The molecule has 1 aliphatic rings. The highest BCUT2D eigenvalue weighted by Crippen LogP contribution is 2.19. The van der Waals surface area contributed by atoms with Gasteiger partial charge in [0.1, 0.15) is 0 Å². The van der Waals surface area contributed by atoms with Crippen LogP contribution in [-0.2, 0) is 6.54 Å². The standard InChI is InChI=1S/C9H10F2N2/c10-8-6(3-4-12-9(8)11)5-13-7-1-2-7/h3-4,7,13H,1-2,5H2. The van der Waals surface area contributed by atoms with Crippen LogP contribution >= 0.6 is 0 Å². The normalized spacial score (nSPS) is 16.2. The topological polar surface area (TPSA) is 24.9 Å². The van der Waals surface area contributed by atoms with E-state index >= 15 is 0 Å². The molecule has 0 aliphatic heterocycles. The SMILES string of the molecule is Fc1nccc(CNC2CC2)c1F. The molecule has 2 nitrogen and oxygen atoms in total. The Bertz CT molecular complexity index is 310. The maximum atomic E-state index is 13.0. The first kappa shape index (κ1) is 8.56. The Hall–Kier alpha value is -1.03. The average Bonchev–Trinajstić information content (AvgIpc) is 2.91. The molecule has 0 spiro atoms. The van der Waals surface area contributed by atoms with Gasteiger partial charge < -0.3 is 5.32 Å². The number of nitrogens with zero attached hydrogens (tertiary/aromatic N) is 1. The molecule has 1 fully saturated rings. The van der Waals surface area contributed by atoms with Gasteiger partial charge >= 0.3 is 0 Å². The van der Waals surface area contributed by atoms with E-state index in [4.69, 9.17) is 0 Å². The molecule has 1 aromatic rings. The Labute approximate surface area is 75.0 Å². The number of aromatic nitrogens is 1. The summed E-state index contributed by atoms with van der Waals surface area (Å²) >= 11 is 0. The van der Waals surface area contributed by atoms with Gasteiger partial charge in [-0.15, -0.1) is 0 Å². The van der Waals surface area contributed by atoms with Crippen LogP contribution in [0.4, 0.5) is 8.78 Å². The first-order valence-corrected chi connectivity index (χ1v) is 4.29. The molecule has 0 amide bonds. The Morgan fingerprint density at radius 2 is 2.23 bits per heavy atom. The fourth-order valence-corrected chi connectivity index (χ4v) is 1.13. The lowest BCUT2D eigenvalue weighted by Crippen LogP contribution is -2.16. The monoisotopic (exact) mass is 184 g/mol. The van der Waals surface area contributed by atoms with Crippen LogP contribution in [0.3, 0.4) is 0 Å². The van der Waals surface area contributed by atoms with Crippen LogP contribution in [0.5, 0.6) is 0 Å². The molecule has 0 saturated heterocycles. The number of rotatable bonds is 3. The smallest absolute Gasteiger partial charge is 0.249 e. The van der Waals surface area contributed by atoms with Crippen LogP contribution in [0.1, 0.15) is 18.4 Å². The third-order valence-electron chi connectivity index (χ3n) is 2.09. The van der Waals surface area contributed by atoms with E-state index in [0.717, 1.165) is 12.8 Å². The summed E-state index contributed by atoms with van der Waals surface area (Å²) in [6.07, 6.45) is 3.55. The van der Waals surface area contributed by atoms with Gasteiger partial charge in [-0.05, 0) is 18.9 Å². The summed E-state index contributed by atoms with van der Waals surface area (Å²) in [5.41, 5.74) is 0.347. The molecule has 1 heterocycles. The molecule has 1 N–H and O–H groups in total. The van der Waals surface area contributed by atoms with E-state index in [1.165, 1.54) is 12.3 Å². The second-order valence-corrected chi connectivity index (χ2v) is 3.23. The Morgan fingerprint density at radius 1 is 1.46 bits per heavy atom. The molecule has 1 saturated carbocycles. The average molecular weight is 184 g/mol. The van der Waals surface area contributed by atoms with E-state index in [2.05, 4.69) is 10.3 Å². The molecule has 13 heavy (non-hydrogen) atoms. The van der Waals surface area contributed by atoms with Gasteiger partial charge in [-0.3, -0.25) is 0 Å². The quantitative estimate of drug-likeness (QED) is 0.722.